The van der Waals surface area contributed by atoms with Gasteiger partial charge in [-0.1, -0.05) is 42.5 Å². The van der Waals surface area contributed by atoms with Crippen molar-refractivity contribution in [1.82, 2.24) is 19.4 Å². The van der Waals surface area contributed by atoms with Crippen molar-refractivity contribution in [2.45, 2.75) is 18.8 Å². The number of likely N-dealkylation sites (tertiary alicyclic amines) is 1. The molecule has 0 spiro atoms. The number of benzene rings is 3. The summed E-state index contributed by atoms with van der Waals surface area (Å²) >= 11 is 0. The SMILES string of the molecule is COCCOc1ccc2c(c1)ncn2-c1nc2ccccc2cc1-c1ccc(CN2C[C@H](O)[C@@H](O)C2)cc1. The third kappa shape index (κ3) is 4.87. The highest BCUT2D eigenvalue weighted by Gasteiger charge is 2.29. The lowest BCUT2D eigenvalue weighted by molar-refractivity contribution is 0.0572. The monoisotopic (exact) mass is 510 g/mol. The van der Waals surface area contributed by atoms with Crippen LogP contribution >= 0.6 is 0 Å². The molecule has 194 valence electrons. The van der Waals surface area contributed by atoms with Crippen molar-refractivity contribution < 1.29 is 19.7 Å². The molecule has 0 unspecified atom stereocenters. The molecule has 2 atom stereocenters. The summed E-state index contributed by atoms with van der Waals surface area (Å²) in [5.74, 6) is 1.55. The smallest absolute Gasteiger partial charge is 0.147 e. The van der Waals surface area contributed by atoms with Crippen LogP contribution in [0.25, 0.3) is 38.9 Å². The molecule has 3 aromatic carbocycles. The second kappa shape index (κ2) is 10.5. The van der Waals surface area contributed by atoms with Crippen LogP contribution in [-0.2, 0) is 11.3 Å². The number of methoxy groups -OCH3 is 1. The first-order chi connectivity index (χ1) is 18.6. The summed E-state index contributed by atoms with van der Waals surface area (Å²) in [5, 5.41) is 20.8. The fourth-order valence-electron chi connectivity index (χ4n) is 5.02. The van der Waals surface area contributed by atoms with Crippen LogP contribution in [0, 0.1) is 0 Å². The maximum absolute atomic E-state index is 9.87. The van der Waals surface area contributed by atoms with Gasteiger partial charge in [-0.05, 0) is 35.4 Å². The van der Waals surface area contributed by atoms with Gasteiger partial charge in [0.1, 0.15) is 24.5 Å². The maximum atomic E-state index is 9.87. The maximum Gasteiger partial charge on any atom is 0.147 e. The number of para-hydroxylation sites is 1. The summed E-state index contributed by atoms with van der Waals surface area (Å²) in [5.41, 5.74) is 5.85. The van der Waals surface area contributed by atoms with Crippen LogP contribution in [0.5, 0.6) is 5.75 Å². The number of fused-ring (bicyclic) bond motifs is 2. The minimum Gasteiger partial charge on any atom is -0.491 e. The summed E-state index contributed by atoms with van der Waals surface area (Å²) in [4.78, 5) is 11.8. The quantitative estimate of drug-likeness (QED) is 0.307. The molecular weight excluding hydrogens is 480 g/mol. The summed E-state index contributed by atoms with van der Waals surface area (Å²) < 4.78 is 12.9. The molecule has 3 heterocycles. The Balaban J connectivity index is 1.36. The van der Waals surface area contributed by atoms with E-state index < -0.39 is 12.2 Å². The van der Waals surface area contributed by atoms with Gasteiger partial charge in [-0.25, -0.2) is 9.97 Å². The average molecular weight is 511 g/mol. The van der Waals surface area contributed by atoms with E-state index in [2.05, 4.69) is 46.3 Å². The Bertz CT molecular complexity index is 1560. The second-order valence-electron chi connectivity index (χ2n) is 9.68. The summed E-state index contributed by atoms with van der Waals surface area (Å²) in [6, 6.07) is 24.6. The van der Waals surface area contributed by atoms with Crippen LogP contribution in [0.15, 0.2) is 79.1 Å². The minimum absolute atomic E-state index is 0.480. The van der Waals surface area contributed by atoms with Crippen LogP contribution in [0.3, 0.4) is 0 Å². The fraction of sp³-hybridized carbons (Fsp3) is 0.267. The number of hydrogen-bond donors (Lipinski definition) is 2. The molecule has 0 saturated carbocycles. The number of ether oxygens (including phenoxy) is 2. The molecule has 1 aliphatic rings. The van der Waals surface area contributed by atoms with Crippen LogP contribution in [-0.4, -0.2) is 75.3 Å². The second-order valence-corrected chi connectivity index (χ2v) is 9.68. The van der Waals surface area contributed by atoms with Crippen molar-refractivity contribution in [3.63, 3.8) is 0 Å². The summed E-state index contributed by atoms with van der Waals surface area (Å²) in [6.07, 6.45) is 0.444. The molecule has 0 bridgehead atoms. The number of rotatable bonds is 8. The number of aliphatic hydroxyl groups is 2. The number of aromatic nitrogens is 3. The van der Waals surface area contributed by atoms with Crippen LogP contribution in [0.2, 0.25) is 0 Å². The van der Waals surface area contributed by atoms with Gasteiger partial charge >= 0.3 is 0 Å². The lowest BCUT2D eigenvalue weighted by atomic mass is 10.0. The van der Waals surface area contributed by atoms with E-state index in [0.29, 0.717) is 32.8 Å². The first kappa shape index (κ1) is 24.5. The molecule has 0 amide bonds. The Hall–Kier alpha value is -3.82. The predicted molar refractivity (Wildman–Crippen MR) is 146 cm³/mol. The Labute approximate surface area is 220 Å². The van der Waals surface area contributed by atoms with Crippen molar-refractivity contribution in [2.75, 3.05) is 33.4 Å². The Kier molecular flexibility index (Phi) is 6.78. The van der Waals surface area contributed by atoms with Crippen molar-refractivity contribution in [1.29, 1.82) is 0 Å². The van der Waals surface area contributed by atoms with Gasteiger partial charge in [0.25, 0.3) is 0 Å². The number of β-amino-alcohol motifs (C(OH)–C–C–N with tert-alkyl or cyclic N) is 2. The van der Waals surface area contributed by atoms with E-state index in [4.69, 9.17) is 14.5 Å². The first-order valence-corrected chi connectivity index (χ1v) is 12.8. The van der Waals surface area contributed by atoms with Gasteiger partial charge < -0.3 is 19.7 Å². The van der Waals surface area contributed by atoms with E-state index >= 15 is 0 Å². The zero-order chi connectivity index (χ0) is 26.1. The Morgan fingerprint density at radius 1 is 0.895 bits per heavy atom. The highest BCUT2D eigenvalue weighted by molar-refractivity contribution is 5.89. The molecule has 8 nitrogen and oxygen atoms in total. The third-order valence-corrected chi connectivity index (χ3v) is 7.01. The highest BCUT2D eigenvalue weighted by Crippen LogP contribution is 2.32. The van der Waals surface area contributed by atoms with Crippen molar-refractivity contribution in [3.8, 4) is 22.7 Å². The van der Waals surface area contributed by atoms with Crippen molar-refractivity contribution in [3.05, 3.63) is 84.7 Å². The number of aliphatic hydroxyl groups excluding tert-OH is 2. The molecule has 0 aliphatic carbocycles. The lowest BCUT2D eigenvalue weighted by Crippen LogP contribution is -2.22. The van der Waals surface area contributed by atoms with Gasteiger partial charge in [0.15, 0.2) is 0 Å². The van der Waals surface area contributed by atoms with Crippen LogP contribution in [0.1, 0.15) is 5.56 Å². The van der Waals surface area contributed by atoms with E-state index in [1.807, 2.05) is 47.3 Å². The molecule has 2 aromatic heterocycles. The van der Waals surface area contributed by atoms with Gasteiger partial charge in [-0.3, -0.25) is 9.47 Å². The predicted octanol–water partition coefficient (Wildman–Crippen LogP) is 3.80. The molecule has 1 aliphatic heterocycles. The molecule has 1 fully saturated rings. The molecular formula is C30H30N4O4. The zero-order valence-corrected chi connectivity index (χ0v) is 21.2. The summed E-state index contributed by atoms with van der Waals surface area (Å²) in [6.45, 7) is 2.65. The average Bonchev–Trinajstić information content (AvgIpc) is 3.50. The van der Waals surface area contributed by atoms with E-state index in [1.54, 1.807) is 7.11 Å². The molecule has 38 heavy (non-hydrogen) atoms. The molecule has 2 N–H and O–H groups in total. The number of imidazole rings is 1. The number of pyridine rings is 1. The first-order valence-electron chi connectivity index (χ1n) is 12.8. The number of nitrogens with zero attached hydrogens (tertiary/aromatic N) is 4. The van der Waals surface area contributed by atoms with Gasteiger partial charge in [-0.15, -0.1) is 0 Å². The Morgan fingerprint density at radius 3 is 2.47 bits per heavy atom. The molecule has 8 heteroatoms. The van der Waals surface area contributed by atoms with E-state index in [1.165, 1.54) is 0 Å². The third-order valence-electron chi connectivity index (χ3n) is 7.01. The van der Waals surface area contributed by atoms with Gasteiger partial charge in [0, 0.05) is 43.8 Å². The minimum atomic E-state index is -0.682. The number of hydrogen-bond acceptors (Lipinski definition) is 7. The zero-order valence-electron chi connectivity index (χ0n) is 21.2. The normalized spacial score (nSPS) is 18.0. The molecule has 6 rings (SSSR count). The van der Waals surface area contributed by atoms with Crippen molar-refractivity contribution in [2.24, 2.45) is 0 Å². The Morgan fingerprint density at radius 2 is 1.68 bits per heavy atom. The highest BCUT2D eigenvalue weighted by atomic mass is 16.5. The van der Waals surface area contributed by atoms with E-state index in [-0.39, 0.29) is 0 Å². The molecule has 5 aromatic rings. The van der Waals surface area contributed by atoms with E-state index in [9.17, 15) is 10.2 Å². The lowest BCUT2D eigenvalue weighted by Gasteiger charge is -2.16. The van der Waals surface area contributed by atoms with Crippen molar-refractivity contribution >= 4 is 21.9 Å². The topological polar surface area (TPSA) is 92.9 Å². The van der Waals surface area contributed by atoms with Gasteiger partial charge in [0.2, 0.25) is 0 Å². The van der Waals surface area contributed by atoms with Gasteiger partial charge in [-0.2, -0.15) is 0 Å². The fourth-order valence-corrected chi connectivity index (χ4v) is 5.02. The van der Waals surface area contributed by atoms with Gasteiger partial charge in [0.05, 0.1) is 35.4 Å². The standard InChI is InChI=1S/C30H30N4O4/c1-37-12-13-38-23-10-11-27-26(15-23)31-19-34(27)30-24(14-22-4-2-3-5-25(22)32-30)21-8-6-20(7-9-21)16-33-17-28(35)29(36)18-33/h2-11,14-15,19,28-29,35-36H,12-13,16-18H2,1H3/t28-,29-/m0/s1. The van der Waals surface area contributed by atoms with Crippen LogP contribution in [0.4, 0.5) is 0 Å². The van der Waals surface area contributed by atoms with Crippen LogP contribution < -0.4 is 4.74 Å². The van der Waals surface area contributed by atoms with E-state index in [0.717, 1.165) is 50.2 Å². The molecule has 0 radical (unpaired) electrons. The largest absolute Gasteiger partial charge is 0.491 e. The summed E-state index contributed by atoms with van der Waals surface area (Å²) in [7, 11) is 1.65. The molecule has 1 saturated heterocycles.